The molecule has 6 nitrogen and oxygen atoms in total. The van der Waals surface area contributed by atoms with E-state index in [0.717, 1.165) is 18.4 Å². The lowest BCUT2D eigenvalue weighted by Gasteiger charge is -2.44. The van der Waals surface area contributed by atoms with E-state index in [4.69, 9.17) is 32.7 Å². The lowest BCUT2D eigenvalue weighted by molar-refractivity contribution is -0.144. The van der Waals surface area contributed by atoms with Gasteiger partial charge in [0.1, 0.15) is 6.61 Å². The van der Waals surface area contributed by atoms with Crippen molar-refractivity contribution in [3.05, 3.63) is 33.8 Å². The number of amides is 2. The highest BCUT2D eigenvalue weighted by molar-refractivity contribution is 6.35. The Morgan fingerprint density at radius 1 is 1.30 bits per heavy atom. The number of alkyl carbamates (subject to hydrolysis) is 1. The zero-order valence-electron chi connectivity index (χ0n) is 14.9. The van der Waals surface area contributed by atoms with Gasteiger partial charge in [-0.2, -0.15) is 0 Å². The minimum atomic E-state index is -0.375. The molecule has 1 N–H and O–H groups in total. The number of nitrogens with one attached hydrogen (secondary N) is 1. The molecule has 2 heterocycles. The monoisotopic (exact) mass is 412 g/mol. The largest absolute Gasteiger partial charge is 0.447 e. The van der Waals surface area contributed by atoms with Crippen LogP contribution in [0.1, 0.15) is 31.2 Å². The van der Waals surface area contributed by atoms with Gasteiger partial charge in [0.15, 0.2) is 0 Å². The average Bonchev–Trinajstić information content (AvgIpc) is 3.02. The highest BCUT2D eigenvalue weighted by Gasteiger charge is 2.53. The van der Waals surface area contributed by atoms with Gasteiger partial charge >= 0.3 is 6.09 Å². The van der Waals surface area contributed by atoms with Gasteiger partial charge in [-0.05, 0) is 43.4 Å². The van der Waals surface area contributed by atoms with Crippen LogP contribution in [0.2, 0.25) is 10.0 Å². The van der Waals surface area contributed by atoms with Crippen LogP contribution in [0, 0.1) is 5.92 Å². The number of likely N-dealkylation sites (tertiary alicyclic amines) is 1. The third-order valence-corrected chi connectivity index (χ3v) is 6.30. The van der Waals surface area contributed by atoms with Gasteiger partial charge in [-0.3, -0.25) is 4.79 Å². The predicted octanol–water partition coefficient (Wildman–Crippen LogP) is 3.39. The Balaban J connectivity index is 1.21. The lowest BCUT2D eigenvalue weighted by atomic mass is 9.68. The molecule has 8 heteroatoms. The van der Waals surface area contributed by atoms with E-state index in [1.165, 1.54) is 0 Å². The Labute approximate surface area is 168 Å². The Morgan fingerprint density at radius 3 is 2.67 bits per heavy atom. The minimum Gasteiger partial charge on any atom is -0.447 e. The summed E-state index contributed by atoms with van der Waals surface area (Å²) in [4.78, 5) is 25.8. The Morgan fingerprint density at radius 2 is 2.04 bits per heavy atom. The maximum absolute atomic E-state index is 12.7. The molecule has 27 heavy (non-hydrogen) atoms. The fourth-order valence-electron chi connectivity index (χ4n) is 4.12. The smallest absolute Gasteiger partial charge is 0.407 e. The summed E-state index contributed by atoms with van der Waals surface area (Å²) in [7, 11) is 0. The van der Waals surface area contributed by atoms with Crippen molar-refractivity contribution in [2.45, 2.75) is 43.9 Å². The van der Waals surface area contributed by atoms with Crippen molar-refractivity contribution < 1.29 is 19.1 Å². The summed E-state index contributed by atoms with van der Waals surface area (Å²) < 4.78 is 10.9. The molecule has 1 saturated carbocycles. The average molecular weight is 413 g/mol. The van der Waals surface area contributed by atoms with E-state index in [0.29, 0.717) is 49.2 Å². The van der Waals surface area contributed by atoms with E-state index >= 15 is 0 Å². The van der Waals surface area contributed by atoms with Crippen LogP contribution in [0.5, 0.6) is 0 Å². The molecule has 2 amide bonds. The van der Waals surface area contributed by atoms with Crippen LogP contribution in [-0.4, -0.2) is 48.2 Å². The number of hydrogen-bond acceptors (Lipinski definition) is 4. The second-order valence-electron chi connectivity index (χ2n) is 7.66. The fourth-order valence-corrected chi connectivity index (χ4v) is 4.58. The zero-order chi connectivity index (χ0) is 19.0. The topological polar surface area (TPSA) is 67.9 Å². The summed E-state index contributed by atoms with van der Waals surface area (Å²) >= 11 is 12.1. The normalized spacial score (nSPS) is 28.0. The van der Waals surface area contributed by atoms with Crippen LogP contribution < -0.4 is 5.32 Å². The molecule has 3 aliphatic rings. The highest BCUT2D eigenvalue weighted by atomic mass is 35.5. The van der Waals surface area contributed by atoms with Gasteiger partial charge in [-0.25, -0.2) is 4.79 Å². The molecule has 0 radical (unpaired) electrons. The Bertz CT molecular complexity index is 743. The first-order valence-electron chi connectivity index (χ1n) is 9.23. The number of rotatable bonds is 4. The molecule has 146 valence electrons. The van der Waals surface area contributed by atoms with Crippen molar-refractivity contribution in [1.82, 2.24) is 10.2 Å². The Kier molecular flexibility index (Phi) is 5.23. The van der Waals surface area contributed by atoms with Crippen molar-refractivity contribution in [2.24, 2.45) is 5.92 Å². The summed E-state index contributed by atoms with van der Waals surface area (Å²) in [6.45, 7) is 2.21. The second-order valence-corrected chi connectivity index (χ2v) is 8.50. The third kappa shape index (κ3) is 4.03. The van der Waals surface area contributed by atoms with E-state index < -0.39 is 0 Å². The number of benzene rings is 1. The summed E-state index contributed by atoms with van der Waals surface area (Å²) in [6.07, 6.45) is 2.71. The van der Waals surface area contributed by atoms with Crippen LogP contribution in [0.15, 0.2) is 18.2 Å². The molecule has 2 aliphatic heterocycles. The second kappa shape index (κ2) is 7.49. The van der Waals surface area contributed by atoms with Crippen molar-refractivity contribution in [1.29, 1.82) is 0 Å². The molecule has 1 aliphatic carbocycles. The molecule has 0 atom stereocenters. The molecule has 0 aromatic heterocycles. The molecule has 4 rings (SSSR count). The predicted molar refractivity (Wildman–Crippen MR) is 101 cm³/mol. The summed E-state index contributed by atoms with van der Waals surface area (Å²) in [5, 5.41) is 4.05. The van der Waals surface area contributed by atoms with E-state index in [1.54, 1.807) is 12.1 Å². The minimum absolute atomic E-state index is 0.0163. The summed E-state index contributed by atoms with van der Waals surface area (Å²) in [5.41, 5.74) is 0.608. The number of ether oxygens (including phenoxy) is 2. The van der Waals surface area contributed by atoms with Crippen LogP contribution in [-0.2, 0) is 20.9 Å². The van der Waals surface area contributed by atoms with Crippen molar-refractivity contribution in [2.75, 3.05) is 19.7 Å². The maximum Gasteiger partial charge on any atom is 0.407 e. The SMILES string of the molecule is O=C1N[C@]2(CO1)C[C@H](C(=O)N1CCC(OCc3ccc(Cl)cc3Cl)CC1)C2. The molecule has 1 aromatic carbocycles. The van der Waals surface area contributed by atoms with Gasteiger partial charge in [0.05, 0.1) is 18.2 Å². The molecule has 3 fully saturated rings. The molecular formula is C19H22Cl2N2O4. The van der Waals surface area contributed by atoms with E-state index in [2.05, 4.69) is 5.32 Å². The Hall–Kier alpha value is -1.50. The first-order chi connectivity index (χ1) is 12.9. The fraction of sp³-hybridized carbons (Fsp3) is 0.579. The summed E-state index contributed by atoms with van der Waals surface area (Å²) in [6, 6.07) is 5.39. The highest BCUT2D eigenvalue weighted by Crippen LogP contribution is 2.41. The molecule has 2 saturated heterocycles. The molecular weight excluding hydrogens is 391 g/mol. The van der Waals surface area contributed by atoms with Gasteiger partial charge in [0, 0.05) is 29.1 Å². The lowest BCUT2D eigenvalue weighted by Crippen LogP contribution is -2.58. The van der Waals surface area contributed by atoms with Crippen molar-refractivity contribution in [3.63, 3.8) is 0 Å². The number of carbonyl (C=O) groups is 2. The van der Waals surface area contributed by atoms with Crippen molar-refractivity contribution >= 4 is 35.2 Å². The number of piperidine rings is 1. The first kappa shape index (κ1) is 18.8. The molecule has 0 unspecified atom stereocenters. The van der Waals surface area contributed by atoms with E-state index in [1.807, 2.05) is 11.0 Å². The number of hydrogen-bond donors (Lipinski definition) is 1. The molecule has 1 spiro atoms. The number of carbonyl (C=O) groups excluding carboxylic acids is 2. The molecule has 1 aromatic rings. The van der Waals surface area contributed by atoms with Gasteiger partial charge in [0.2, 0.25) is 5.91 Å². The van der Waals surface area contributed by atoms with Crippen LogP contribution in [0.25, 0.3) is 0 Å². The molecule has 0 bridgehead atoms. The number of nitrogens with zero attached hydrogens (tertiary/aromatic N) is 1. The number of halogens is 2. The van der Waals surface area contributed by atoms with Gasteiger partial charge in [-0.1, -0.05) is 29.3 Å². The zero-order valence-corrected chi connectivity index (χ0v) is 16.4. The van der Waals surface area contributed by atoms with Gasteiger partial charge in [0.25, 0.3) is 0 Å². The van der Waals surface area contributed by atoms with Crippen LogP contribution in [0.4, 0.5) is 4.79 Å². The van der Waals surface area contributed by atoms with E-state index in [9.17, 15) is 9.59 Å². The summed E-state index contributed by atoms with van der Waals surface area (Å²) in [5.74, 6) is 0.165. The van der Waals surface area contributed by atoms with Crippen LogP contribution >= 0.6 is 23.2 Å². The third-order valence-electron chi connectivity index (χ3n) is 5.71. The van der Waals surface area contributed by atoms with Gasteiger partial charge in [-0.15, -0.1) is 0 Å². The van der Waals surface area contributed by atoms with E-state index in [-0.39, 0.29) is 29.6 Å². The quantitative estimate of drug-likeness (QED) is 0.822. The van der Waals surface area contributed by atoms with Gasteiger partial charge < -0.3 is 19.7 Å². The van der Waals surface area contributed by atoms with Crippen LogP contribution in [0.3, 0.4) is 0 Å². The standard InChI is InChI=1S/C19H22Cl2N2O4/c20-14-2-1-12(16(21)7-14)10-26-15-3-5-23(6-4-15)17(24)13-8-19(9-13)11-27-18(25)22-19/h1-2,7,13,15H,3-6,8-11H2,(H,22,25)/t13-,19+. The maximum atomic E-state index is 12.7. The van der Waals surface area contributed by atoms with Crippen molar-refractivity contribution in [3.8, 4) is 0 Å². The first-order valence-corrected chi connectivity index (χ1v) is 9.99. The number of cyclic esters (lactones) is 1.